The first-order valence-electron chi connectivity index (χ1n) is 8.39. The Kier molecular flexibility index (Phi) is 3.94. The third-order valence-corrected chi connectivity index (χ3v) is 6.34. The van der Waals surface area contributed by atoms with Gasteiger partial charge in [-0.05, 0) is 30.9 Å². The number of nitrogens with one attached hydrogen (secondary N) is 1. The Morgan fingerprint density at radius 1 is 1.17 bits per heavy atom. The standard InChI is InChI=1S/C17H22N4O2S/c1-13-10-20(14-7-8-14)12-17(13)19-24(22,23)16-9-18-21(11-16)15-5-3-2-4-6-15/h2-6,9,11,13-14,17,19H,7-8,10,12H2,1H3. The summed E-state index contributed by atoms with van der Waals surface area (Å²) in [5, 5.41) is 4.19. The molecule has 0 spiro atoms. The van der Waals surface area contributed by atoms with Gasteiger partial charge in [0.2, 0.25) is 10.0 Å². The van der Waals surface area contributed by atoms with Crippen LogP contribution in [0, 0.1) is 5.92 Å². The van der Waals surface area contributed by atoms with Crippen molar-refractivity contribution in [1.29, 1.82) is 0 Å². The number of sulfonamides is 1. The maximum atomic E-state index is 12.7. The summed E-state index contributed by atoms with van der Waals surface area (Å²) in [6.07, 6.45) is 5.47. The SMILES string of the molecule is CC1CN(C2CC2)CC1NS(=O)(=O)c1cnn(-c2ccccc2)c1. The van der Waals surface area contributed by atoms with Gasteiger partial charge in [-0.2, -0.15) is 5.10 Å². The van der Waals surface area contributed by atoms with Gasteiger partial charge in [-0.3, -0.25) is 4.90 Å². The lowest BCUT2D eigenvalue weighted by atomic mass is 10.1. The molecule has 2 aromatic rings. The molecular weight excluding hydrogens is 324 g/mol. The van der Waals surface area contributed by atoms with Gasteiger partial charge in [0, 0.05) is 25.2 Å². The number of likely N-dealkylation sites (tertiary alicyclic amines) is 1. The summed E-state index contributed by atoms with van der Waals surface area (Å²) in [6, 6.07) is 10.1. The number of benzene rings is 1. The second-order valence-corrected chi connectivity index (χ2v) is 8.56. The smallest absolute Gasteiger partial charge is 0.244 e. The second-order valence-electron chi connectivity index (χ2n) is 6.85. The number of aromatic nitrogens is 2. The van der Waals surface area contributed by atoms with Crippen LogP contribution in [0.1, 0.15) is 19.8 Å². The first kappa shape index (κ1) is 15.8. The molecule has 1 N–H and O–H groups in total. The Balaban J connectivity index is 1.50. The molecule has 4 rings (SSSR count). The largest absolute Gasteiger partial charge is 0.298 e. The quantitative estimate of drug-likeness (QED) is 0.894. The van der Waals surface area contributed by atoms with E-state index in [0.717, 1.165) is 18.8 Å². The van der Waals surface area contributed by atoms with Crippen molar-refractivity contribution in [3.8, 4) is 5.69 Å². The lowest BCUT2D eigenvalue weighted by molar-refractivity contribution is 0.315. The third-order valence-electron chi connectivity index (χ3n) is 4.90. The minimum absolute atomic E-state index is 0.0318. The summed E-state index contributed by atoms with van der Waals surface area (Å²) in [4.78, 5) is 2.62. The van der Waals surface area contributed by atoms with Crippen LogP contribution in [-0.2, 0) is 10.0 Å². The fraction of sp³-hybridized carbons (Fsp3) is 0.471. The zero-order valence-corrected chi connectivity index (χ0v) is 14.5. The van der Waals surface area contributed by atoms with Crippen LogP contribution in [0.4, 0.5) is 0 Å². The summed E-state index contributed by atoms with van der Waals surface area (Å²) >= 11 is 0. The van der Waals surface area contributed by atoms with E-state index in [-0.39, 0.29) is 10.9 Å². The Bertz CT molecular complexity index is 814. The molecular formula is C17H22N4O2S. The molecule has 2 fully saturated rings. The second kappa shape index (κ2) is 5.98. The molecule has 1 aliphatic heterocycles. The van der Waals surface area contributed by atoms with Gasteiger partial charge in [0.05, 0.1) is 18.1 Å². The molecule has 0 amide bonds. The fourth-order valence-electron chi connectivity index (χ4n) is 3.33. The molecule has 1 aliphatic carbocycles. The van der Waals surface area contributed by atoms with Crippen LogP contribution in [0.3, 0.4) is 0 Å². The molecule has 1 saturated heterocycles. The van der Waals surface area contributed by atoms with E-state index in [2.05, 4.69) is 21.6 Å². The van der Waals surface area contributed by atoms with Gasteiger partial charge in [0.25, 0.3) is 0 Å². The summed E-state index contributed by atoms with van der Waals surface area (Å²) in [5.41, 5.74) is 0.841. The molecule has 1 aromatic heterocycles. The summed E-state index contributed by atoms with van der Waals surface area (Å²) < 4.78 is 29.8. The Hall–Kier alpha value is -1.70. The topological polar surface area (TPSA) is 67.2 Å². The van der Waals surface area contributed by atoms with Crippen LogP contribution in [0.15, 0.2) is 47.6 Å². The van der Waals surface area contributed by atoms with Gasteiger partial charge in [0.15, 0.2) is 0 Å². The minimum Gasteiger partial charge on any atom is -0.298 e. The van der Waals surface area contributed by atoms with Gasteiger partial charge < -0.3 is 0 Å². The zero-order chi connectivity index (χ0) is 16.7. The van der Waals surface area contributed by atoms with Crippen molar-refractivity contribution in [2.24, 2.45) is 5.92 Å². The highest BCUT2D eigenvalue weighted by atomic mass is 32.2. The molecule has 128 valence electrons. The van der Waals surface area contributed by atoms with Crippen molar-refractivity contribution < 1.29 is 8.42 Å². The van der Waals surface area contributed by atoms with Crippen LogP contribution >= 0.6 is 0 Å². The van der Waals surface area contributed by atoms with Crippen LogP contribution in [-0.4, -0.2) is 48.3 Å². The highest BCUT2D eigenvalue weighted by molar-refractivity contribution is 7.89. The molecule has 2 aliphatic rings. The van der Waals surface area contributed by atoms with Crippen LogP contribution in [0.2, 0.25) is 0 Å². The van der Waals surface area contributed by atoms with E-state index in [0.29, 0.717) is 12.0 Å². The molecule has 2 heterocycles. The van der Waals surface area contributed by atoms with Crippen LogP contribution < -0.4 is 4.72 Å². The van der Waals surface area contributed by atoms with E-state index < -0.39 is 10.0 Å². The van der Waals surface area contributed by atoms with Gasteiger partial charge in [-0.15, -0.1) is 0 Å². The van der Waals surface area contributed by atoms with E-state index in [9.17, 15) is 8.42 Å². The van der Waals surface area contributed by atoms with Crippen molar-refractivity contribution in [3.63, 3.8) is 0 Å². The fourth-order valence-corrected chi connectivity index (χ4v) is 4.60. The maximum Gasteiger partial charge on any atom is 0.244 e. The third kappa shape index (κ3) is 3.11. The highest BCUT2D eigenvalue weighted by Gasteiger charge is 2.39. The Morgan fingerprint density at radius 2 is 1.92 bits per heavy atom. The molecule has 0 bridgehead atoms. The van der Waals surface area contributed by atoms with Crippen molar-refractivity contribution >= 4 is 10.0 Å². The number of hydrogen-bond donors (Lipinski definition) is 1. The normalized spacial score (nSPS) is 25.2. The molecule has 2 atom stereocenters. The monoisotopic (exact) mass is 346 g/mol. The first-order chi connectivity index (χ1) is 11.5. The van der Waals surface area contributed by atoms with Crippen molar-refractivity contribution in [1.82, 2.24) is 19.4 Å². The number of hydrogen-bond acceptors (Lipinski definition) is 4. The highest BCUT2D eigenvalue weighted by Crippen LogP contribution is 2.32. The van der Waals surface area contributed by atoms with Crippen molar-refractivity contribution in [3.05, 3.63) is 42.7 Å². The molecule has 2 unspecified atom stereocenters. The average molecular weight is 346 g/mol. The number of nitrogens with zero attached hydrogens (tertiary/aromatic N) is 3. The van der Waals surface area contributed by atoms with Crippen molar-refractivity contribution in [2.45, 2.75) is 36.7 Å². The van der Waals surface area contributed by atoms with Crippen LogP contribution in [0.25, 0.3) is 5.69 Å². The lowest BCUT2D eigenvalue weighted by Crippen LogP contribution is -2.39. The Morgan fingerprint density at radius 3 is 2.62 bits per heavy atom. The maximum absolute atomic E-state index is 12.7. The van der Waals surface area contributed by atoms with E-state index >= 15 is 0 Å². The molecule has 1 aromatic carbocycles. The molecule has 0 radical (unpaired) electrons. The van der Waals surface area contributed by atoms with Gasteiger partial charge >= 0.3 is 0 Å². The average Bonchev–Trinajstić information content (AvgIpc) is 3.18. The Labute approximate surface area is 142 Å². The van der Waals surface area contributed by atoms with Crippen LogP contribution in [0.5, 0.6) is 0 Å². The van der Waals surface area contributed by atoms with E-state index in [1.165, 1.54) is 19.0 Å². The predicted molar refractivity (Wildman–Crippen MR) is 91.4 cm³/mol. The van der Waals surface area contributed by atoms with Gasteiger partial charge in [0.1, 0.15) is 4.90 Å². The predicted octanol–water partition coefficient (Wildman–Crippen LogP) is 1.63. The van der Waals surface area contributed by atoms with Gasteiger partial charge in [-0.1, -0.05) is 25.1 Å². The zero-order valence-electron chi connectivity index (χ0n) is 13.7. The molecule has 24 heavy (non-hydrogen) atoms. The summed E-state index contributed by atoms with van der Waals surface area (Å²) in [7, 11) is -3.55. The van der Waals surface area contributed by atoms with Crippen molar-refractivity contribution in [2.75, 3.05) is 13.1 Å². The summed E-state index contributed by atoms with van der Waals surface area (Å²) in [6.45, 7) is 3.89. The molecule has 1 saturated carbocycles. The lowest BCUT2D eigenvalue weighted by Gasteiger charge is -2.16. The van der Waals surface area contributed by atoms with E-state index in [4.69, 9.17) is 0 Å². The molecule has 6 nitrogen and oxygen atoms in total. The number of rotatable bonds is 5. The van der Waals surface area contributed by atoms with Gasteiger partial charge in [-0.25, -0.2) is 17.8 Å². The van der Waals surface area contributed by atoms with E-state index in [1.54, 1.807) is 10.9 Å². The molecule has 7 heteroatoms. The summed E-state index contributed by atoms with van der Waals surface area (Å²) in [5.74, 6) is 0.324. The minimum atomic E-state index is -3.55. The number of para-hydroxylation sites is 1. The van der Waals surface area contributed by atoms with E-state index in [1.807, 2.05) is 30.3 Å². The first-order valence-corrected chi connectivity index (χ1v) is 9.88.